The zero-order valence-corrected chi connectivity index (χ0v) is 15.6. The number of methoxy groups -OCH3 is 1. The Bertz CT molecular complexity index is 946. The first-order chi connectivity index (χ1) is 13.1. The molecule has 0 aliphatic heterocycles. The summed E-state index contributed by atoms with van der Waals surface area (Å²) in [5, 5.41) is 8.56. The molecule has 1 aliphatic carbocycles. The molecule has 0 unspecified atom stereocenters. The number of amides is 1. The van der Waals surface area contributed by atoms with Crippen molar-refractivity contribution in [1.29, 1.82) is 0 Å². The van der Waals surface area contributed by atoms with Crippen LogP contribution in [0.1, 0.15) is 49.3 Å². The van der Waals surface area contributed by atoms with Crippen LogP contribution in [0.5, 0.6) is 5.75 Å². The summed E-state index contributed by atoms with van der Waals surface area (Å²) >= 11 is 0. The first-order valence-corrected chi connectivity index (χ1v) is 9.29. The first-order valence-electron chi connectivity index (χ1n) is 9.29. The number of ether oxygens (including phenoxy) is 1. The standard InChI is InChI=1S/C20H23N5O2/c1-13-4-6-15(7-5-13)25-12-14-10-17(18(27-2)11-16(14)24-25)23-20(26)19-21-8-3-9-22-19/h3,8-13,15H,4-7H2,1-2H3,(H,23,26). The fourth-order valence-electron chi connectivity index (χ4n) is 3.63. The fraction of sp³-hybridized carbons (Fsp3) is 0.400. The second-order valence-corrected chi connectivity index (χ2v) is 7.16. The Hall–Kier alpha value is -2.96. The van der Waals surface area contributed by atoms with Gasteiger partial charge in [0.25, 0.3) is 5.91 Å². The molecule has 1 aromatic carbocycles. The Morgan fingerprint density at radius 2 is 1.93 bits per heavy atom. The molecule has 4 rings (SSSR count). The number of nitrogens with zero attached hydrogens (tertiary/aromatic N) is 4. The maximum Gasteiger partial charge on any atom is 0.293 e. The fourth-order valence-corrected chi connectivity index (χ4v) is 3.63. The van der Waals surface area contributed by atoms with Crippen molar-refractivity contribution in [2.45, 2.75) is 38.6 Å². The van der Waals surface area contributed by atoms with Gasteiger partial charge in [-0.25, -0.2) is 9.97 Å². The van der Waals surface area contributed by atoms with Crippen molar-refractivity contribution in [2.24, 2.45) is 5.92 Å². The molecule has 0 spiro atoms. The lowest BCUT2D eigenvalue weighted by atomic mass is 9.87. The lowest BCUT2D eigenvalue weighted by molar-refractivity contribution is 0.101. The number of hydrogen-bond acceptors (Lipinski definition) is 5. The van der Waals surface area contributed by atoms with E-state index in [1.807, 2.05) is 12.1 Å². The van der Waals surface area contributed by atoms with Gasteiger partial charge in [-0.2, -0.15) is 5.10 Å². The second-order valence-electron chi connectivity index (χ2n) is 7.16. The van der Waals surface area contributed by atoms with E-state index >= 15 is 0 Å². The van der Waals surface area contributed by atoms with E-state index in [9.17, 15) is 4.79 Å². The minimum atomic E-state index is -0.373. The Morgan fingerprint density at radius 1 is 1.19 bits per heavy atom. The van der Waals surface area contributed by atoms with Crippen LogP contribution in [-0.2, 0) is 0 Å². The van der Waals surface area contributed by atoms with Gasteiger partial charge < -0.3 is 10.1 Å². The van der Waals surface area contributed by atoms with Gasteiger partial charge in [0.2, 0.25) is 5.82 Å². The molecule has 1 aliphatic rings. The quantitative estimate of drug-likeness (QED) is 0.760. The largest absolute Gasteiger partial charge is 0.494 e. The second kappa shape index (κ2) is 7.34. The van der Waals surface area contributed by atoms with Gasteiger partial charge in [-0.05, 0) is 43.7 Å². The van der Waals surface area contributed by atoms with Gasteiger partial charge in [-0.3, -0.25) is 9.48 Å². The molecule has 1 amide bonds. The normalized spacial score (nSPS) is 19.8. The monoisotopic (exact) mass is 365 g/mol. The summed E-state index contributed by atoms with van der Waals surface area (Å²) in [5.74, 6) is 1.11. The summed E-state index contributed by atoms with van der Waals surface area (Å²) in [4.78, 5) is 20.4. The summed E-state index contributed by atoms with van der Waals surface area (Å²) < 4.78 is 7.53. The van der Waals surface area contributed by atoms with Gasteiger partial charge in [0.1, 0.15) is 5.75 Å². The summed E-state index contributed by atoms with van der Waals surface area (Å²) in [6.07, 6.45) is 9.92. The van der Waals surface area contributed by atoms with Crippen molar-refractivity contribution >= 4 is 22.5 Å². The SMILES string of the molecule is COc1cc2nn(C3CCC(C)CC3)cc2cc1NC(=O)c1ncccn1. The number of rotatable bonds is 4. The van der Waals surface area contributed by atoms with Crippen LogP contribution in [0.15, 0.2) is 36.8 Å². The van der Waals surface area contributed by atoms with E-state index in [-0.39, 0.29) is 11.7 Å². The molecule has 0 saturated heterocycles. The highest BCUT2D eigenvalue weighted by atomic mass is 16.5. The molecule has 7 nitrogen and oxygen atoms in total. The highest BCUT2D eigenvalue weighted by Gasteiger charge is 2.21. The zero-order chi connectivity index (χ0) is 18.8. The molecule has 1 N–H and O–H groups in total. The van der Waals surface area contributed by atoms with Gasteiger partial charge in [-0.15, -0.1) is 0 Å². The number of carbonyl (C=O) groups excluding carboxylic acids is 1. The van der Waals surface area contributed by atoms with E-state index in [0.717, 1.165) is 29.7 Å². The van der Waals surface area contributed by atoms with E-state index in [4.69, 9.17) is 9.84 Å². The molecule has 2 heterocycles. The molecular weight excluding hydrogens is 342 g/mol. The van der Waals surface area contributed by atoms with Crippen molar-refractivity contribution in [1.82, 2.24) is 19.7 Å². The van der Waals surface area contributed by atoms with Crippen molar-refractivity contribution in [2.75, 3.05) is 12.4 Å². The number of anilines is 1. The predicted molar refractivity (Wildman–Crippen MR) is 103 cm³/mol. The third-order valence-electron chi connectivity index (χ3n) is 5.22. The highest BCUT2D eigenvalue weighted by Crippen LogP contribution is 2.34. The Balaban J connectivity index is 1.62. The molecule has 1 saturated carbocycles. The molecule has 3 aromatic rings. The zero-order valence-electron chi connectivity index (χ0n) is 15.6. The maximum absolute atomic E-state index is 12.4. The topological polar surface area (TPSA) is 81.9 Å². The van der Waals surface area contributed by atoms with E-state index in [2.05, 4.69) is 33.1 Å². The van der Waals surface area contributed by atoms with Crippen LogP contribution in [0, 0.1) is 5.92 Å². The number of nitrogens with one attached hydrogen (secondary N) is 1. The van der Waals surface area contributed by atoms with Gasteiger partial charge in [-0.1, -0.05) is 6.92 Å². The van der Waals surface area contributed by atoms with Crippen LogP contribution in [0.4, 0.5) is 5.69 Å². The summed E-state index contributed by atoms with van der Waals surface area (Å²) in [7, 11) is 1.58. The van der Waals surface area contributed by atoms with E-state index in [1.165, 1.54) is 25.2 Å². The van der Waals surface area contributed by atoms with Crippen molar-refractivity contribution in [3.05, 3.63) is 42.6 Å². The van der Waals surface area contributed by atoms with Crippen LogP contribution in [0.3, 0.4) is 0 Å². The minimum absolute atomic E-state index is 0.117. The summed E-state index contributed by atoms with van der Waals surface area (Å²) in [6, 6.07) is 5.86. The van der Waals surface area contributed by atoms with Crippen LogP contribution >= 0.6 is 0 Å². The molecule has 7 heteroatoms. The van der Waals surface area contributed by atoms with Crippen LogP contribution in [0.2, 0.25) is 0 Å². The number of aromatic nitrogens is 4. The van der Waals surface area contributed by atoms with Gasteiger partial charge in [0.05, 0.1) is 24.4 Å². The highest BCUT2D eigenvalue weighted by molar-refractivity contribution is 6.03. The average molecular weight is 365 g/mol. The van der Waals surface area contributed by atoms with Crippen LogP contribution in [0.25, 0.3) is 10.9 Å². The maximum atomic E-state index is 12.4. The van der Waals surface area contributed by atoms with Crippen LogP contribution < -0.4 is 10.1 Å². The molecule has 0 atom stereocenters. The first kappa shape index (κ1) is 17.5. The number of hydrogen-bond donors (Lipinski definition) is 1. The predicted octanol–water partition coefficient (Wildman–Crippen LogP) is 3.84. The Labute approximate surface area is 157 Å². The number of benzene rings is 1. The molecule has 1 fully saturated rings. The number of fused-ring (bicyclic) bond motifs is 1. The molecule has 2 aromatic heterocycles. The number of carbonyl (C=O) groups is 1. The molecule has 0 bridgehead atoms. The summed E-state index contributed by atoms with van der Waals surface area (Å²) in [6.45, 7) is 2.31. The smallest absolute Gasteiger partial charge is 0.293 e. The third kappa shape index (κ3) is 3.63. The van der Waals surface area contributed by atoms with E-state index in [1.54, 1.807) is 13.2 Å². The molecule has 27 heavy (non-hydrogen) atoms. The van der Waals surface area contributed by atoms with Crippen molar-refractivity contribution < 1.29 is 9.53 Å². The molecule has 140 valence electrons. The van der Waals surface area contributed by atoms with E-state index < -0.39 is 0 Å². The Morgan fingerprint density at radius 3 is 2.63 bits per heavy atom. The lowest BCUT2D eigenvalue weighted by Gasteiger charge is -2.26. The molecule has 0 radical (unpaired) electrons. The third-order valence-corrected chi connectivity index (χ3v) is 5.22. The van der Waals surface area contributed by atoms with Gasteiger partial charge >= 0.3 is 0 Å². The van der Waals surface area contributed by atoms with E-state index in [0.29, 0.717) is 17.5 Å². The Kier molecular flexibility index (Phi) is 4.75. The van der Waals surface area contributed by atoms with Crippen LogP contribution in [-0.4, -0.2) is 32.8 Å². The summed E-state index contributed by atoms with van der Waals surface area (Å²) in [5.41, 5.74) is 1.44. The van der Waals surface area contributed by atoms with Crippen molar-refractivity contribution in [3.63, 3.8) is 0 Å². The molecular formula is C20H23N5O2. The van der Waals surface area contributed by atoms with Crippen molar-refractivity contribution in [3.8, 4) is 5.75 Å². The average Bonchev–Trinajstić information content (AvgIpc) is 3.11. The lowest BCUT2D eigenvalue weighted by Crippen LogP contribution is -2.16. The minimum Gasteiger partial charge on any atom is -0.494 e. The van der Waals surface area contributed by atoms with Gasteiger partial charge in [0, 0.05) is 30.0 Å². The van der Waals surface area contributed by atoms with Gasteiger partial charge in [0.15, 0.2) is 0 Å².